The number of anilines is 1. The maximum Gasteiger partial charge on any atom is 0.157 e. The van der Waals surface area contributed by atoms with Crippen LogP contribution in [0.4, 0.5) is 5.69 Å². The number of rotatable bonds is 2. The van der Waals surface area contributed by atoms with Crippen LogP contribution in [0.3, 0.4) is 0 Å². The minimum absolute atomic E-state index is 0.741. The van der Waals surface area contributed by atoms with E-state index in [1.54, 1.807) is 0 Å². The van der Waals surface area contributed by atoms with E-state index in [2.05, 4.69) is 21.8 Å². The largest absolute Gasteiger partial charge is 0.399 e. The lowest BCUT2D eigenvalue weighted by Gasteiger charge is -2.19. The summed E-state index contributed by atoms with van der Waals surface area (Å²) in [6, 6.07) is 3.72. The lowest BCUT2D eigenvalue weighted by atomic mass is 9.99. The fraction of sp³-hybridized carbons (Fsp3) is 0.500. The molecule has 2 aromatic heterocycles. The second kappa shape index (κ2) is 4.56. The van der Waals surface area contributed by atoms with Crippen LogP contribution in [0.25, 0.3) is 5.65 Å². The van der Waals surface area contributed by atoms with Gasteiger partial charge in [0.2, 0.25) is 0 Å². The van der Waals surface area contributed by atoms with E-state index < -0.39 is 0 Å². The molecule has 0 unspecified atom stereocenters. The van der Waals surface area contributed by atoms with Gasteiger partial charge in [0.15, 0.2) is 11.5 Å². The van der Waals surface area contributed by atoms with Crippen molar-refractivity contribution < 1.29 is 0 Å². The molecule has 0 saturated carbocycles. The Bertz CT molecular complexity index is 516. The predicted molar refractivity (Wildman–Crippen MR) is 71.2 cm³/mol. The number of hydrogen-bond acceptors (Lipinski definition) is 4. The van der Waals surface area contributed by atoms with Crippen molar-refractivity contribution in [3.05, 3.63) is 24.2 Å². The van der Waals surface area contributed by atoms with Crippen molar-refractivity contribution in [2.24, 2.45) is 5.92 Å². The van der Waals surface area contributed by atoms with Crippen LogP contribution in [-0.4, -0.2) is 26.1 Å². The van der Waals surface area contributed by atoms with Crippen molar-refractivity contribution in [3.8, 4) is 0 Å². The Morgan fingerprint density at radius 1 is 1.41 bits per heavy atom. The standard InChI is InChI=1S/C12H16N4S/c13-10-1-4-16-12(8-10)14-11(15-16)7-9-2-5-17-6-3-9/h1,4,8-9H,2-3,5-7,13H2. The minimum Gasteiger partial charge on any atom is -0.399 e. The lowest BCUT2D eigenvalue weighted by molar-refractivity contribution is 0.476. The Morgan fingerprint density at radius 2 is 2.24 bits per heavy atom. The molecule has 4 nitrogen and oxygen atoms in total. The summed E-state index contributed by atoms with van der Waals surface area (Å²) < 4.78 is 1.81. The Hall–Kier alpha value is -1.23. The third-order valence-electron chi connectivity index (χ3n) is 3.22. The third kappa shape index (κ3) is 2.39. The minimum atomic E-state index is 0.741. The van der Waals surface area contributed by atoms with Gasteiger partial charge in [-0.15, -0.1) is 0 Å². The van der Waals surface area contributed by atoms with Crippen LogP contribution >= 0.6 is 11.8 Å². The number of aromatic nitrogens is 3. The van der Waals surface area contributed by atoms with E-state index in [0.717, 1.165) is 29.5 Å². The molecule has 1 aliphatic heterocycles. The highest BCUT2D eigenvalue weighted by Crippen LogP contribution is 2.25. The first-order valence-electron chi connectivity index (χ1n) is 6.00. The van der Waals surface area contributed by atoms with Crippen molar-refractivity contribution >= 4 is 23.1 Å². The zero-order valence-corrected chi connectivity index (χ0v) is 10.5. The van der Waals surface area contributed by atoms with Crippen molar-refractivity contribution in [1.82, 2.24) is 14.6 Å². The zero-order valence-electron chi connectivity index (χ0n) is 9.67. The fourth-order valence-corrected chi connectivity index (χ4v) is 3.44. The monoisotopic (exact) mass is 248 g/mol. The molecule has 2 N–H and O–H groups in total. The first-order valence-corrected chi connectivity index (χ1v) is 7.15. The van der Waals surface area contributed by atoms with E-state index in [4.69, 9.17) is 5.73 Å². The smallest absolute Gasteiger partial charge is 0.157 e. The molecule has 0 amide bonds. The second-order valence-electron chi connectivity index (χ2n) is 4.55. The average Bonchev–Trinajstić information content (AvgIpc) is 2.71. The second-order valence-corrected chi connectivity index (χ2v) is 5.78. The summed E-state index contributed by atoms with van der Waals surface area (Å²) in [6.45, 7) is 0. The molecule has 0 atom stereocenters. The maximum absolute atomic E-state index is 5.73. The molecule has 0 aliphatic carbocycles. The summed E-state index contributed by atoms with van der Waals surface area (Å²) in [4.78, 5) is 4.53. The van der Waals surface area contributed by atoms with Crippen LogP contribution in [0.15, 0.2) is 18.3 Å². The number of hydrogen-bond donors (Lipinski definition) is 1. The molecule has 2 aromatic rings. The van der Waals surface area contributed by atoms with Gasteiger partial charge in [-0.25, -0.2) is 9.50 Å². The molecule has 90 valence electrons. The molecule has 1 saturated heterocycles. The van der Waals surface area contributed by atoms with Crippen molar-refractivity contribution in [2.75, 3.05) is 17.2 Å². The van der Waals surface area contributed by atoms with Gasteiger partial charge < -0.3 is 5.73 Å². The highest BCUT2D eigenvalue weighted by Gasteiger charge is 2.16. The molecule has 5 heteroatoms. The number of pyridine rings is 1. The van der Waals surface area contributed by atoms with Gasteiger partial charge in [0.25, 0.3) is 0 Å². The Kier molecular flexibility index (Phi) is 2.93. The summed E-state index contributed by atoms with van der Waals surface area (Å²) >= 11 is 2.05. The summed E-state index contributed by atoms with van der Waals surface area (Å²) in [5.74, 6) is 4.27. The third-order valence-corrected chi connectivity index (χ3v) is 4.27. The van der Waals surface area contributed by atoms with Gasteiger partial charge in [0.1, 0.15) is 0 Å². The van der Waals surface area contributed by atoms with Gasteiger partial charge in [0.05, 0.1) is 0 Å². The van der Waals surface area contributed by atoms with Crippen molar-refractivity contribution in [2.45, 2.75) is 19.3 Å². The van der Waals surface area contributed by atoms with Crippen LogP contribution < -0.4 is 5.73 Å². The molecule has 0 radical (unpaired) electrons. The highest BCUT2D eigenvalue weighted by molar-refractivity contribution is 7.99. The Labute approximate surface area is 105 Å². The Morgan fingerprint density at radius 3 is 3.06 bits per heavy atom. The molecule has 3 rings (SSSR count). The van der Waals surface area contributed by atoms with Crippen LogP contribution in [0.2, 0.25) is 0 Å². The summed E-state index contributed by atoms with van der Waals surface area (Å²) in [6.07, 6.45) is 5.46. The van der Waals surface area contributed by atoms with Crippen LogP contribution in [0.5, 0.6) is 0 Å². The molecule has 1 aliphatic rings. The van der Waals surface area contributed by atoms with Crippen LogP contribution in [-0.2, 0) is 6.42 Å². The summed E-state index contributed by atoms with van der Waals surface area (Å²) in [5.41, 5.74) is 7.33. The van der Waals surface area contributed by atoms with E-state index in [1.165, 1.54) is 24.3 Å². The maximum atomic E-state index is 5.73. The molecular weight excluding hydrogens is 232 g/mol. The molecule has 17 heavy (non-hydrogen) atoms. The molecule has 0 aromatic carbocycles. The number of nitrogens with zero attached hydrogens (tertiary/aromatic N) is 3. The molecule has 1 fully saturated rings. The number of nitrogen functional groups attached to an aromatic ring is 1. The first-order chi connectivity index (χ1) is 8.31. The predicted octanol–water partition coefficient (Wildman–Crippen LogP) is 2.00. The van der Waals surface area contributed by atoms with E-state index in [9.17, 15) is 0 Å². The first kappa shape index (κ1) is 10.9. The topological polar surface area (TPSA) is 56.2 Å². The van der Waals surface area contributed by atoms with Gasteiger partial charge in [-0.05, 0) is 36.3 Å². The normalized spacial score (nSPS) is 17.6. The van der Waals surface area contributed by atoms with Crippen molar-refractivity contribution in [3.63, 3.8) is 0 Å². The highest BCUT2D eigenvalue weighted by atomic mass is 32.2. The van der Waals surface area contributed by atoms with Gasteiger partial charge >= 0.3 is 0 Å². The van der Waals surface area contributed by atoms with Gasteiger partial charge in [-0.2, -0.15) is 16.9 Å². The average molecular weight is 248 g/mol. The molecule has 0 bridgehead atoms. The van der Waals surface area contributed by atoms with Gasteiger partial charge in [-0.1, -0.05) is 0 Å². The summed E-state index contributed by atoms with van der Waals surface area (Å²) in [5, 5.41) is 4.49. The Balaban J connectivity index is 1.80. The number of nitrogens with two attached hydrogens (primary N) is 1. The quantitative estimate of drug-likeness (QED) is 0.883. The van der Waals surface area contributed by atoms with Gasteiger partial charge in [0, 0.05) is 24.4 Å². The summed E-state index contributed by atoms with van der Waals surface area (Å²) in [7, 11) is 0. The fourth-order valence-electron chi connectivity index (χ4n) is 2.24. The van der Waals surface area contributed by atoms with E-state index in [-0.39, 0.29) is 0 Å². The zero-order chi connectivity index (χ0) is 11.7. The van der Waals surface area contributed by atoms with Crippen LogP contribution in [0.1, 0.15) is 18.7 Å². The van der Waals surface area contributed by atoms with Gasteiger partial charge in [-0.3, -0.25) is 0 Å². The number of thioether (sulfide) groups is 1. The molecule has 3 heterocycles. The van der Waals surface area contributed by atoms with E-state index in [1.807, 2.05) is 22.8 Å². The lowest BCUT2D eigenvalue weighted by Crippen LogP contribution is -2.13. The molecular formula is C12H16N4S. The molecule has 0 spiro atoms. The van der Waals surface area contributed by atoms with Crippen LogP contribution in [0, 0.1) is 5.92 Å². The van der Waals surface area contributed by atoms with E-state index >= 15 is 0 Å². The SMILES string of the molecule is Nc1ccn2nc(CC3CCSCC3)nc2c1. The number of fused-ring (bicyclic) bond motifs is 1. The van der Waals surface area contributed by atoms with Crippen molar-refractivity contribution in [1.29, 1.82) is 0 Å². The van der Waals surface area contributed by atoms with E-state index in [0.29, 0.717) is 0 Å².